The Kier molecular flexibility index (Phi) is 2.89. The van der Waals surface area contributed by atoms with Gasteiger partial charge in [-0.25, -0.2) is 4.98 Å². The van der Waals surface area contributed by atoms with Crippen LogP contribution in [0.5, 0.6) is 0 Å². The van der Waals surface area contributed by atoms with Crippen molar-refractivity contribution in [2.45, 2.75) is 6.92 Å². The van der Waals surface area contributed by atoms with Crippen LogP contribution >= 0.6 is 12.4 Å². The molecule has 0 radical (unpaired) electrons. The minimum absolute atomic E-state index is 0. The first-order chi connectivity index (χ1) is 4.18. The van der Waals surface area contributed by atoms with Gasteiger partial charge in [0.1, 0.15) is 0 Å². The Labute approximate surface area is 63.9 Å². The number of H-pyrrole nitrogens is 1. The molecular formula is C5H8ClN3O. The van der Waals surface area contributed by atoms with E-state index in [1.54, 1.807) is 6.92 Å². The van der Waals surface area contributed by atoms with Gasteiger partial charge in [0.25, 0.3) is 5.56 Å². The predicted molar refractivity (Wildman–Crippen MR) is 41.3 cm³/mol. The average molecular weight is 162 g/mol. The number of anilines is 1. The molecule has 0 fully saturated rings. The summed E-state index contributed by atoms with van der Waals surface area (Å²) in [5.41, 5.74) is 5.62. The maximum absolute atomic E-state index is 10.5. The van der Waals surface area contributed by atoms with Gasteiger partial charge in [-0.2, -0.15) is 0 Å². The number of nitrogens with one attached hydrogen (secondary N) is 1. The summed E-state index contributed by atoms with van der Waals surface area (Å²) in [6.07, 6.45) is 0. The van der Waals surface area contributed by atoms with Crippen molar-refractivity contribution in [2.24, 2.45) is 0 Å². The molecule has 1 heterocycles. The fourth-order valence-corrected chi connectivity index (χ4v) is 0.602. The predicted octanol–water partition coefficient (Wildman–Crippen LogP) is 0.0823. The fraction of sp³-hybridized carbons (Fsp3) is 0.200. The number of aromatic nitrogens is 2. The van der Waals surface area contributed by atoms with Crippen LogP contribution in [0.4, 0.5) is 5.95 Å². The van der Waals surface area contributed by atoms with Crippen LogP contribution in [0.1, 0.15) is 5.69 Å². The highest BCUT2D eigenvalue weighted by Crippen LogP contribution is 1.86. The number of aromatic amines is 1. The Hall–Kier alpha value is -1.03. The lowest BCUT2D eigenvalue weighted by Gasteiger charge is -1.90. The minimum atomic E-state index is -0.208. The lowest BCUT2D eigenvalue weighted by atomic mass is 10.5. The summed E-state index contributed by atoms with van der Waals surface area (Å²) in [7, 11) is 0. The molecule has 0 aliphatic rings. The standard InChI is InChI=1S/C5H7N3O.ClH/c1-3-2-4(9)8-5(6)7-3;/h2H,1H3,(H3,6,7,8,9);1H. The van der Waals surface area contributed by atoms with Gasteiger partial charge < -0.3 is 5.73 Å². The van der Waals surface area contributed by atoms with Crippen molar-refractivity contribution >= 4 is 18.4 Å². The second-order valence-electron chi connectivity index (χ2n) is 1.77. The van der Waals surface area contributed by atoms with Crippen molar-refractivity contribution in [3.8, 4) is 0 Å². The molecule has 0 spiro atoms. The highest BCUT2D eigenvalue weighted by atomic mass is 35.5. The van der Waals surface area contributed by atoms with Gasteiger partial charge in [0.05, 0.1) is 0 Å². The van der Waals surface area contributed by atoms with Gasteiger partial charge in [0.15, 0.2) is 0 Å². The zero-order chi connectivity index (χ0) is 6.85. The van der Waals surface area contributed by atoms with E-state index in [0.29, 0.717) is 5.69 Å². The van der Waals surface area contributed by atoms with E-state index >= 15 is 0 Å². The summed E-state index contributed by atoms with van der Waals surface area (Å²) in [5, 5.41) is 0. The SMILES string of the molecule is Cc1cc(=O)[nH]c(N)n1.Cl. The Balaban J connectivity index is 0.000000810. The number of hydrogen-bond donors (Lipinski definition) is 2. The Bertz CT molecular complexity index is 247. The van der Waals surface area contributed by atoms with Crippen LogP contribution < -0.4 is 11.3 Å². The molecule has 0 saturated heterocycles. The average Bonchev–Trinajstić information content (AvgIpc) is 1.59. The molecule has 4 nitrogen and oxygen atoms in total. The fourth-order valence-electron chi connectivity index (χ4n) is 0.602. The monoisotopic (exact) mass is 161 g/mol. The molecule has 56 valence electrons. The quantitative estimate of drug-likeness (QED) is 0.566. The molecular weight excluding hydrogens is 154 g/mol. The number of nitrogen functional groups attached to an aromatic ring is 1. The second kappa shape index (κ2) is 3.22. The third-order valence-corrected chi connectivity index (χ3v) is 0.888. The highest BCUT2D eigenvalue weighted by molar-refractivity contribution is 5.85. The number of halogens is 1. The minimum Gasteiger partial charge on any atom is -0.369 e. The van der Waals surface area contributed by atoms with Crippen molar-refractivity contribution in [2.75, 3.05) is 5.73 Å². The van der Waals surface area contributed by atoms with Gasteiger partial charge in [-0.1, -0.05) is 0 Å². The van der Waals surface area contributed by atoms with Crippen molar-refractivity contribution in [1.82, 2.24) is 9.97 Å². The molecule has 5 heteroatoms. The third kappa shape index (κ3) is 2.06. The van der Waals surface area contributed by atoms with E-state index in [9.17, 15) is 4.79 Å². The summed E-state index contributed by atoms with van der Waals surface area (Å²) < 4.78 is 0. The lowest BCUT2D eigenvalue weighted by molar-refractivity contribution is 1.08. The van der Waals surface area contributed by atoms with Crippen LogP contribution in [0, 0.1) is 6.92 Å². The number of rotatable bonds is 0. The summed E-state index contributed by atoms with van der Waals surface area (Å²) in [5.74, 6) is 0.167. The zero-order valence-corrected chi connectivity index (χ0v) is 6.23. The van der Waals surface area contributed by atoms with Gasteiger partial charge >= 0.3 is 0 Å². The van der Waals surface area contributed by atoms with Crippen LogP contribution in [0.25, 0.3) is 0 Å². The van der Waals surface area contributed by atoms with Gasteiger partial charge in [-0.05, 0) is 6.92 Å². The molecule has 1 aromatic heterocycles. The number of hydrogen-bond acceptors (Lipinski definition) is 3. The summed E-state index contributed by atoms with van der Waals surface area (Å²) in [4.78, 5) is 16.6. The van der Waals surface area contributed by atoms with Crippen molar-refractivity contribution in [3.05, 3.63) is 22.1 Å². The molecule has 0 saturated carbocycles. The normalized spacial score (nSPS) is 8.50. The zero-order valence-electron chi connectivity index (χ0n) is 5.42. The van der Waals surface area contributed by atoms with Gasteiger partial charge in [0.2, 0.25) is 5.95 Å². The Morgan fingerprint density at radius 2 is 2.30 bits per heavy atom. The maximum atomic E-state index is 10.5. The van der Waals surface area contributed by atoms with E-state index in [0.717, 1.165) is 0 Å². The molecule has 3 N–H and O–H groups in total. The van der Waals surface area contributed by atoms with Crippen LogP contribution in [-0.2, 0) is 0 Å². The maximum Gasteiger partial charge on any atom is 0.252 e. The van der Waals surface area contributed by atoms with E-state index in [1.165, 1.54) is 6.07 Å². The van der Waals surface area contributed by atoms with E-state index in [-0.39, 0.29) is 23.9 Å². The third-order valence-electron chi connectivity index (χ3n) is 0.888. The van der Waals surface area contributed by atoms with Crippen LogP contribution in [-0.4, -0.2) is 9.97 Å². The topological polar surface area (TPSA) is 71.8 Å². The number of nitrogens with zero attached hydrogens (tertiary/aromatic N) is 1. The van der Waals surface area contributed by atoms with Crippen molar-refractivity contribution in [1.29, 1.82) is 0 Å². The number of aryl methyl sites for hydroxylation is 1. The van der Waals surface area contributed by atoms with E-state index in [2.05, 4.69) is 9.97 Å². The van der Waals surface area contributed by atoms with E-state index in [4.69, 9.17) is 5.73 Å². The van der Waals surface area contributed by atoms with Gasteiger partial charge in [-0.15, -0.1) is 12.4 Å². The largest absolute Gasteiger partial charge is 0.369 e. The Morgan fingerprint density at radius 1 is 1.70 bits per heavy atom. The molecule has 0 bridgehead atoms. The van der Waals surface area contributed by atoms with E-state index in [1.807, 2.05) is 0 Å². The summed E-state index contributed by atoms with van der Waals surface area (Å²) in [6.45, 7) is 1.71. The molecule has 0 aliphatic heterocycles. The molecule has 0 aliphatic carbocycles. The lowest BCUT2D eigenvalue weighted by Crippen LogP contribution is -2.09. The van der Waals surface area contributed by atoms with Crippen LogP contribution in [0.15, 0.2) is 10.9 Å². The summed E-state index contributed by atoms with van der Waals surface area (Å²) in [6, 6.07) is 1.39. The smallest absolute Gasteiger partial charge is 0.252 e. The second-order valence-corrected chi connectivity index (χ2v) is 1.77. The Morgan fingerprint density at radius 3 is 2.70 bits per heavy atom. The molecule has 0 unspecified atom stereocenters. The first-order valence-corrected chi connectivity index (χ1v) is 2.52. The molecule has 10 heavy (non-hydrogen) atoms. The van der Waals surface area contributed by atoms with Crippen molar-refractivity contribution in [3.63, 3.8) is 0 Å². The number of nitrogens with two attached hydrogens (primary N) is 1. The van der Waals surface area contributed by atoms with Gasteiger partial charge in [-0.3, -0.25) is 9.78 Å². The van der Waals surface area contributed by atoms with Gasteiger partial charge in [0, 0.05) is 11.8 Å². The molecule has 1 aromatic rings. The highest BCUT2D eigenvalue weighted by Gasteiger charge is 1.89. The van der Waals surface area contributed by atoms with E-state index < -0.39 is 0 Å². The van der Waals surface area contributed by atoms with Crippen LogP contribution in [0.3, 0.4) is 0 Å². The molecule has 0 atom stereocenters. The molecule has 0 amide bonds. The molecule has 1 rings (SSSR count). The van der Waals surface area contributed by atoms with Crippen molar-refractivity contribution < 1.29 is 0 Å². The molecule has 0 aromatic carbocycles. The first-order valence-electron chi connectivity index (χ1n) is 2.52. The van der Waals surface area contributed by atoms with Crippen LogP contribution in [0.2, 0.25) is 0 Å². The first kappa shape index (κ1) is 8.97. The summed E-state index contributed by atoms with van der Waals surface area (Å²) >= 11 is 0.